The van der Waals surface area contributed by atoms with Crippen molar-refractivity contribution in [1.82, 2.24) is 15.3 Å². The molecule has 7 heteroatoms. The minimum absolute atomic E-state index is 0.0428. The maximum atomic E-state index is 14.2. The molecule has 0 radical (unpaired) electrons. The molecule has 1 heterocycles. The van der Waals surface area contributed by atoms with Crippen LogP contribution in [-0.2, 0) is 6.54 Å². The molecule has 3 N–H and O–H groups in total. The number of hydrogen-bond acceptors (Lipinski definition) is 5. The average Bonchev–Trinajstić information content (AvgIpc) is 2.72. The van der Waals surface area contributed by atoms with Crippen molar-refractivity contribution in [2.75, 3.05) is 11.9 Å². The fraction of sp³-hybridized carbons (Fsp3) is 0.375. The topological polar surface area (TPSA) is 73.7 Å². The number of nitrogens with zero attached hydrogens (tertiary/aromatic N) is 2. The second-order valence-electron chi connectivity index (χ2n) is 7.85. The molecule has 5 nitrogen and oxygen atoms in total. The molecule has 1 atom stereocenters. The van der Waals surface area contributed by atoms with E-state index in [1.54, 1.807) is 24.3 Å². The lowest BCUT2D eigenvalue weighted by molar-refractivity contribution is 0.462. The van der Waals surface area contributed by atoms with Gasteiger partial charge in [0.05, 0.1) is 6.20 Å². The maximum Gasteiger partial charge on any atom is 0.183 e. The third kappa shape index (κ3) is 6.98. The van der Waals surface area contributed by atoms with Gasteiger partial charge in [0.25, 0.3) is 0 Å². The van der Waals surface area contributed by atoms with Crippen molar-refractivity contribution in [2.45, 2.75) is 40.7 Å². The molecule has 0 aliphatic heterocycles. The fourth-order valence-corrected chi connectivity index (χ4v) is 3.17. The quantitative estimate of drug-likeness (QED) is 0.329. The van der Waals surface area contributed by atoms with Gasteiger partial charge >= 0.3 is 0 Å². The van der Waals surface area contributed by atoms with Gasteiger partial charge in [-0.2, -0.15) is 0 Å². The van der Waals surface area contributed by atoms with E-state index in [4.69, 9.17) is 5.41 Å². The summed E-state index contributed by atoms with van der Waals surface area (Å²) in [6, 6.07) is 6.53. The molecule has 0 aliphatic rings. The lowest BCUT2D eigenvalue weighted by Gasteiger charge is -2.22. The minimum Gasteiger partial charge on any atom is -0.384 e. The van der Waals surface area contributed by atoms with Crippen LogP contribution in [-0.4, -0.2) is 22.2 Å². The molecule has 1 aromatic carbocycles. The summed E-state index contributed by atoms with van der Waals surface area (Å²) in [4.78, 5) is 8.15. The summed E-state index contributed by atoms with van der Waals surface area (Å²) in [6.07, 6.45) is 3.26. The van der Waals surface area contributed by atoms with Gasteiger partial charge in [-0.1, -0.05) is 51.1 Å². The van der Waals surface area contributed by atoms with Crippen LogP contribution in [0.1, 0.15) is 45.5 Å². The number of rotatable bonds is 11. The second-order valence-corrected chi connectivity index (χ2v) is 7.85. The van der Waals surface area contributed by atoms with Crippen LogP contribution in [0.2, 0.25) is 0 Å². The van der Waals surface area contributed by atoms with E-state index >= 15 is 0 Å². The normalized spacial score (nSPS) is 12.5. The van der Waals surface area contributed by atoms with Crippen LogP contribution in [0.25, 0.3) is 0 Å². The summed E-state index contributed by atoms with van der Waals surface area (Å²) in [6.45, 7) is 12.9. The number of benzene rings is 1. The van der Waals surface area contributed by atoms with Gasteiger partial charge in [0.1, 0.15) is 11.5 Å². The molecule has 0 amide bonds. The van der Waals surface area contributed by atoms with Gasteiger partial charge in [-0.25, -0.2) is 18.7 Å². The third-order valence-electron chi connectivity index (χ3n) is 5.08. The Morgan fingerprint density at radius 1 is 1.23 bits per heavy atom. The van der Waals surface area contributed by atoms with E-state index in [9.17, 15) is 8.78 Å². The summed E-state index contributed by atoms with van der Waals surface area (Å²) in [7, 11) is 0. The molecule has 2 aromatic rings. The minimum atomic E-state index is -0.571. The van der Waals surface area contributed by atoms with Crippen LogP contribution in [0, 0.1) is 28.9 Å². The average molecular weight is 428 g/mol. The van der Waals surface area contributed by atoms with Crippen molar-refractivity contribution in [3.63, 3.8) is 0 Å². The Labute approximate surface area is 183 Å². The van der Waals surface area contributed by atoms with E-state index < -0.39 is 5.82 Å². The number of halogens is 2. The van der Waals surface area contributed by atoms with Crippen LogP contribution in [0.5, 0.6) is 0 Å². The van der Waals surface area contributed by atoms with Crippen molar-refractivity contribution in [3.8, 4) is 0 Å². The summed E-state index contributed by atoms with van der Waals surface area (Å²) in [5.74, 6) is -0.160. The number of allylic oxidation sites excluding steroid dienone is 2. The fourth-order valence-electron chi connectivity index (χ4n) is 3.17. The van der Waals surface area contributed by atoms with Crippen LogP contribution >= 0.6 is 0 Å². The van der Waals surface area contributed by atoms with E-state index in [0.717, 1.165) is 17.5 Å². The predicted octanol–water partition coefficient (Wildman–Crippen LogP) is 5.47. The van der Waals surface area contributed by atoms with E-state index in [-0.39, 0.29) is 29.1 Å². The Morgan fingerprint density at radius 3 is 2.55 bits per heavy atom. The van der Waals surface area contributed by atoms with Crippen molar-refractivity contribution >= 4 is 11.5 Å². The lowest BCUT2D eigenvalue weighted by Crippen LogP contribution is -2.22. The second kappa shape index (κ2) is 11.3. The highest BCUT2D eigenvalue weighted by Gasteiger charge is 2.16. The number of nitrogens with one attached hydrogen (secondary N) is 3. The molecule has 1 unspecified atom stereocenters. The molecule has 0 fully saturated rings. The first-order valence-corrected chi connectivity index (χ1v) is 10.4. The molecule has 0 bridgehead atoms. The Morgan fingerprint density at radius 2 is 1.94 bits per heavy atom. The van der Waals surface area contributed by atoms with Crippen molar-refractivity contribution < 1.29 is 8.78 Å². The van der Waals surface area contributed by atoms with Gasteiger partial charge in [0.2, 0.25) is 0 Å². The first-order chi connectivity index (χ1) is 14.7. The lowest BCUT2D eigenvalue weighted by atomic mass is 9.90. The van der Waals surface area contributed by atoms with Crippen molar-refractivity contribution in [2.24, 2.45) is 11.8 Å². The summed E-state index contributed by atoms with van der Waals surface area (Å²) in [5, 5.41) is 14.5. The molecule has 1 aromatic heterocycles. The van der Waals surface area contributed by atoms with Gasteiger partial charge in [0, 0.05) is 24.4 Å². The van der Waals surface area contributed by atoms with Crippen molar-refractivity contribution in [3.05, 3.63) is 77.4 Å². The Kier molecular flexibility index (Phi) is 8.85. The Bertz CT molecular complexity index is 953. The van der Waals surface area contributed by atoms with Gasteiger partial charge in [-0.05, 0) is 37.3 Å². The molecule has 0 saturated heterocycles. The highest BCUT2D eigenvalue weighted by molar-refractivity contribution is 6.04. The summed E-state index contributed by atoms with van der Waals surface area (Å²) < 4.78 is 28.0. The van der Waals surface area contributed by atoms with Gasteiger partial charge in [-0.3, -0.25) is 5.41 Å². The highest BCUT2D eigenvalue weighted by Crippen LogP contribution is 2.20. The zero-order valence-corrected chi connectivity index (χ0v) is 18.6. The zero-order valence-electron chi connectivity index (χ0n) is 18.6. The molecular formula is C24H31F2N5. The van der Waals surface area contributed by atoms with Gasteiger partial charge in [-0.15, -0.1) is 0 Å². The number of anilines is 1. The highest BCUT2D eigenvalue weighted by atomic mass is 19.1. The molecule has 0 aliphatic carbocycles. The van der Waals surface area contributed by atoms with Crippen LogP contribution in [0.3, 0.4) is 0 Å². The van der Waals surface area contributed by atoms with Crippen LogP contribution in [0.4, 0.5) is 14.6 Å². The molecule has 31 heavy (non-hydrogen) atoms. The molecule has 166 valence electrons. The van der Waals surface area contributed by atoms with Gasteiger partial charge < -0.3 is 10.6 Å². The van der Waals surface area contributed by atoms with Crippen LogP contribution < -0.4 is 10.6 Å². The standard InChI is InChI=1S/C24H31F2N5/c1-6-18(28-12-17-9-7-8-10-20(17)25)11-22(27)24-30-14-21(26)23(31-24)29-13-19(15(2)3)16(4)5/h7-11,14,16,19,27-28H,2,6,12-13H2,1,3-5H3,(H,29,30,31)/b18-11-,27-22?. The Hall–Kier alpha value is -3.09. The molecule has 0 saturated carbocycles. The summed E-state index contributed by atoms with van der Waals surface area (Å²) >= 11 is 0. The SMILES string of the molecule is C=C(C)C(CNc1nc(C(=N)/C=C(/CC)NCc2ccccc2F)ncc1F)C(C)C. The van der Waals surface area contributed by atoms with E-state index in [1.807, 2.05) is 13.8 Å². The summed E-state index contributed by atoms with van der Waals surface area (Å²) in [5.41, 5.74) is 2.33. The van der Waals surface area contributed by atoms with Gasteiger partial charge in [0.15, 0.2) is 17.5 Å². The first-order valence-electron chi connectivity index (χ1n) is 10.4. The monoisotopic (exact) mass is 427 g/mol. The Balaban J connectivity index is 2.12. The maximum absolute atomic E-state index is 14.2. The zero-order chi connectivity index (χ0) is 23.0. The molecule has 2 rings (SSSR count). The predicted molar refractivity (Wildman–Crippen MR) is 122 cm³/mol. The van der Waals surface area contributed by atoms with E-state index in [1.165, 1.54) is 6.07 Å². The largest absolute Gasteiger partial charge is 0.384 e. The molecule has 0 spiro atoms. The first kappa shape index (κ1) is 24.2. The van der Waals surface area contributed by atoms with E-state index in [2.05, 4.69) is 41.0 Å². The number of hydrogen-bond donors (Lipinski definition) is 3. The number of aromatic nitrogens is 2. The van der Waals surface area contributed by atoms with Crippen molar-refractivity contribution in [1.29, 1.82) is 5.41 Å². The molecular weight excluding hydrogens is 396 g/mol. The smallest absolute Gasteiger partial charge is 0.183 e. The third-order valence-corrected chi connectivity index (χ3v) is 5.08. The van der Waals surface area contributed by atoms with Crippen LogP contribution in [0.15, 0.2) is 54.4 Å². The van der Waals surface area contributed by atoms with E-state index in [0.29, 0.717) is 31.0 Å².